The van der Waals surface area contributed by atoms with Crippen LogP contribution in [0.1, 0.15) is 0 Å². The Balaban J connectivity index is 1.17. The minimum atomic E-state index is 0.672. The quantitative estimate of drug-likeness (QED) is 0.184. The first-order chi connectivity index (χ1) is 23.3. The van der Waals surface area contributed by atoms with Crippen LogP contribution in [-0.2, 0) is 0 Å². The molecule has 4 heteroatoms. The second-order valence-electron chi connectivity index (χ2n) is 12.0. The fraction of sp³-hybridized carbons (Fsp3) is 0. The number of thiophene rings is 1. The summed E-state index contributed by atoms with van der Waals surface area (Å²) in [5, 5.41) is 9.33. The molecule has 47 heavy (non-hydrogen) atoms. The Bertz CT molecular complexity index is 2800. The zero-order valence-electron chi connectivity index (χ0n) is 25.2. The van der Waals surface area contributed by atoms with Gasteiger partial charge in [-0.2, -0.15) is 0 Å². The molecule has 0 saturated carbocycles. The predicted octanol–water partition coefficient (Wildman–Crippen LogP) is 12.8. The van der Waals surface area contributed by atoms with Gasteiger partial charge in [0.25, 0.3) is 0 Å². The minimum Gasteiger partial charge on any atom is -0.437 e. The van der Waals surface area contributed by atoms with E-state index in [1.54, 1.807) is 6.20 Å². The zero-order chi connectivity index (χ0) is 30.9. The number of anilines is 3. The van der Waals surface area contributed by atoms with Crippen LogP contribution in [0.2, 0.25) is 0 Å². The van der Waals surface area contributed by atoms with E-state index in [1.165, 1.54) is 31.3 Å². The van der Waals surface area contributed by atoms with Crippen molar-refractivity contribution in [1.29, 1.82) is 0 Å². The number of rotatable bonds is 4. The first-order valence-corrected chi connectivity index (χ1v) is 16.6. The maximum absolute atomic E-state index is 6.38. The standard InChI is InChI=1S/C43H26N2OS/c1-2-7-27(8-3-1)28-14-17-31(18-15-28)45(33-20-23-36-35-9-4-5-11-39(35)47-40(36)26-33)32-19-22-34-30(25-32)13-12-29-16-21-37-38-10-6-24-44-43(38)46-42(37)41(29)34/h1-26H. The molecule has 0 atom stereocenters. The van der Waals surface area contributed by atoms with E-state index < -0.39 is 0 Å². The van der Waals surface area contributed by atoms with Gasteiger partial charge in [-0.1, -0.05) is 91.0 Å². The smallest absolute Gasteiger partial charge is 0.227 e. The van der Waals surface area contributed by atoms with Crippen LogP contribution in [0.5, 0.6) is 0 Å². The summed E-state index contributed by atoms with van der Waals surface area (Å²) in [5.74, 6) is 0. The molecule has 0 aliphatic carbocycles. The maximum atomic E-state index is 6.38. The Labute approximate surface area is 274 Å². The summed E-state index contributed by atoms with van der Waals surface area (Å²) in [7, 11) is 0. The van der Waals surface area contributed by atoms with Crippen molar-refractivity contribution in [3.63, 3.8) is 0 Å². The van der Waals surface area contributed by atoms with Gasteiger partial charge in [-0.05, 0) is 87.9 Å². The Morgan fingerprint density at radius 3 is 2.02 bits per heavy atom. The predicted molar refractivity (Wildman–Crippen MR) is 200 cm³/mol. The van der Waals surface area contributed by atoms with Crippen LogP contribution in [0, 0.1) is 0 Å². The normalized spacial score (nSPS) is 11.8. The van der Waals surface area contributed by atoms with Gasteiger partial charge in [-0.25, -0.2) is 4.98 Å². The van der Waals surface area contributed by atoms with Crippen LogP contribution in [0.25, 0.3) is 74.9 Å². The Morgan fingerprint density at radius 2 is 1.13 bits per heavy atom. The second kappa shape index (κ2) is 10.3. The number of pyridine rings is 1. The highest BCUT2D eigenvalue weighted by atomic mass is 32.1. The molecular formula is C43H26N2OS. The number of furan rings is 1. The van der Waals surface area contributed by atoms with E-state index in [0.717, 1.165) is 55.0 Å². The van der Waals surface area contributed by atoms with Crippen molar-refractivity contribution in [3.8, 4) is 11.1 Å². The van der Waals surface area contributed by atoms with Gasteiger partial charge < -0.3 is 9.32 Å². The number of hydrogen-bond acceptors (Lipinski definition) is 4. The van der Waals surface area contributed by atoms with Crippen LogP contribution in [-0.4, -0.2) is 4.98 Å². The molecular weight excluding hydrogens is 593 g/mol. The van der Waals surface area contributed by atoms with Crippen molar-refractivity contribution in [2.24, 2.45) is 0 Å². The highest BCUT2D eigenvalue weighted by Gasteiger charge is 2.18. The summed E-state index contributed by atoms with van der Waals surface area (Å²) in [6.45, 7) is 0. The monoisotopic (exact) mass is 618 g/mol. The fourth-order valence-electron chi connectivity index (χ4n) is 7.08. The number of aromatic nitrogens is 1. The first-order valence-electron chi connectivity index (χ1n) is 15.8. The third-order valence-electron chi connectivity index (χ3n) is 9.31. The lowest BCUT2D eigenvalue weighted by atomic mass is 9.98. The number of fused-ring (bicyclic) bond motifs is 10. The van der Waals surface area contributed by atoms with Crippen LogP contribution >= 0.6 is 11.3 Å². The fourth-order valence-corrected chi connectivity index (χ4v) is 8.21. The maximum Gasteiger partial charge on any atom is 0.227 e. The Morgan fingerprint density at radius 1 is 0.468 bits per heavy atom. The van der Waals surface area contributed by atoms with Gasteiger partial charge in [0, 0.05) is 59.6 Å². The summed E-state index contributed by atoms with van der Waals surface area (Å²) < 4.78 is 8.97. The van der Waals surface area contributed by atoms with E-state index in [2.05, 4.69) is 155 Å². The molecule has 7 aromatic carbocycles. The van der Waals surface area contributed by atoms with E-state index in [4.69, 9.17) is 4.42 Å². The molecule has 0 N–H and O–H groups in total. The molecule has 0 bridgehead atoms. The topological polar surface area (TPSA) is 29.3 Å². The van der Waals surface area contributed by atoms with Crippen molar-refractivity contribution in [3.05, 3.63) is 158 Å². The van der Waals surface area contributed by atoms with Crippen LogP contribution in [0.15, 0.2) is 162 Å². The molecule has 10 rings (SSSR count). The number of benzene rings is 7. The molecule has 0 unspecified atom stereocenters. The molecule has 0 fully saturated rings. The van der Waals surface area contributed by atoms with Gasteiger partial charge in [0.2, 0.25) is 5.71 Å². The van der Waals surface area contributed by atoms with Crippen molar-refractivity contribution >= 4 is 92.2 Å². The summed E-state index contributed by atoms with van der Waals surface area (Å²) in [6.07, 6.45) is 1.79. The van der Waals surface area contributed by atoms with Crippen LogP contribution in [0.4, 0.5) is 17.1 Å². The molecule has 0 radical (unpaired) electrons. The second-order valence-corrected chi connectivity index (χ2v) is 13.1. The molecule has 3 heterocycles. The lowest BCUT2D eigenvalue weighted by Gasteiger charge is -2.26. The SMILES string of the molecule is c1ccc(-c2ccc(N(c3ccc4c(ccc5ccc6c7cccnc7oc6c54)c3)c3ccc4c(c3)sc3ccccc34)cc2)cc1. The summed E-state index contributed by atoms with van der Waals surface area (Å²) in [5.41, 5.74) is 7.30. The molecule has 3 nitrogen and oxygen atoms in total. The molecule has 0 spiro atoms. The molecule has 0 amide bonds. The largest absolute Gasteiger partial charge is 0.437 e. The highest BCUT2D eigenvalue weighted by Crippen LogP contribution is 2.43. The van der Waals surface area contributed by atoms with Gasteiger partial charge >= 0.3 is 0 Å². The van der Waals surface area contributed by atoms with Gasteiger partial charge in [-0.15, -0.1) is 11.3 Å². The van der Waals surface area contributed by atoms with E-state index >= 15 is 0 Å². The first kappa shape index (κ1) is 26.3. The lowest BCUT2D eigenvalue weighted by molar-refractivity contribution is 0.658. The van der Waals surface area contributed by atoms with E-state index in [1.807, 2.05) is 17.4 Å². The van der Waals surface area contributed by atoms with Gasteiger partial charge in [0.05, 0.1) is 0 Å². The van der Waals surface area contributed by atoms with Crippen molar-refractivity contribution in [1.82, 2.24) is 4.98 Å². The van der Waals surface area contributed by atoms with Gasteiger partial charge in [-0.3, -0.25) is 0 Å². The van der Waals surface area contributed by atoms with Crippen molar-refractivity contribution in [2.75, 3.05) is 4.90 Å². The van der Waals surface area contributed by atoms with Crippen LogP contribution < -0.4 is 4.90 Å². The molecule has 10 aromatic rings. The Hall–Kier alpha value is -5.97. The average molecular weight is 619 g/mol. The Kier molecular flexibility index (Phi) is 5.74. The summed E-state index contributed by atoms with van der Waals surface area (Å²) in [6, 6.07) is 54.6. The lowest BCUT2D eigenvalue weighted by Crippen LogP contribution is -2.09. The van der Waals surface area contributed by atoms with E-state index in [9.17, 15) is 0 Å². The van der Waals surface area contributed by atoms with Crippen molar-refractivity contribution in [2.45, 2.75) is 0 Å². The van der Waals surface area contributed by atoms with Crippen LogP contribution in [0.3, 0.4) is 0 Å². The summed E-state index contributed by atoms with van der Waals surface area (Å²) in [4.78, 5) is 6.87. The molecule has 0 aliphatic rings. The summed E-state index contributed by atoms with van der Waals surface area (Å²) >= 11 is 1.85. The number of hydrogen-bond donors (Lipinski definition) is 0. The highest BCUT2D eigenvalue weighted by molar-refractivity contribution is 7.25. The zero-order valence-corrected chi connectivity index (χ0v) is 26.0. The molecule has 220 valence electrons. The molecule has 0 saturated heterocycles. The third-order valence-corrected chi connectivity index (χ3v) is 10.4. The van der Waals surface area contributed by atoms with Crippen molar-refractivity contribution < 1.29 is 4.42 Å². The molecule has 0 aliphatic heterocycles. The minimum absolute atomic E-state index is 0.672. The van der Waals surface area contributed by atoms with Gasteiger partial charge in [0.15, 0.2) is 0 Å². The average Bonchev–Trinajstić information content (AvgIpc) is 3.70. The number of nitrogens with zero attached hydrogens (tertiary/aromatic N) is 2. The third kappa shape index (κ3) is 4.16. The van der Waals surface area contributed by atoms with Gasteiger partial charge in [0.1, 0.15) is 5.58 Å². The van der Waals surface area contributed by atoms with E-state index in [-0.39, 0.29) is 0 Å². The molecule has 3 aromatic heterocycles. The van der Waals surface area contributed by atoms with E-state index in [0.29, 0.717) is 5.71 Å².